The molecule has 0 saturated heterocycles. The van der Waals surface area contributed by atoms with E-state index in [1.165, 1.54) is 0 Å². The van der Waals surface area contributed by atoms with Gasteiger partial charge in [-0.3, -0.25) is 4.79 Å². The fourth-order valence-electron chi connectivity index (χ4n) is 3.56. The highest BCUT2D eigenvalue weighted by Crippen LogP contribution is 2.54. The number of hydrogen-bond donors (Lipinski definition) is 2. The topological polar surface area (TPSA) is 63.3 Å². The van der Waals surface area contributed by atoms with Crippen LogP contribution in [0.4, 0.5) is 0 Å². The highest BCUT2D eigenvalue weighted by Gasteiger charge is 2.48. The molecule has 0 spiro atoms. The van der Waals surface area contributed by atoms with E-state index in [1.807, 2.05) is 0 Å². The van der Waals surface area contributed by atoms with Crippen molar-refractivity contribution >= 4 is 5.97 Å². The Morgan fingerprint density at radius 1 is 1.41 bits per heavy atom. The molecule has 1 saturated carbocycles. The monoisotopic (exact) mass is 241 g/mol. The second-order valence-electron chi connectivity index (χ2n) is 6.82. The lowest BCUT2D eigenvalue weighted by Gasteiger charge is -2.32. The Kier molecular flexibility index (Phi) is 4.23. The quantitative estimate of drug-likeness (QED) is 0.795. The Morgan fingerprint density at radius 3 is 2.29 bits per heavy atom. The van der Waals surface area contributed by atoms with Crippen LogP contribution in [0.25, 0.3) is 0 Å². The first-order chi connectivity index (χ1) is 7.74. The third-order valence-corrected chi connectivity index (χ3v) is 4.51. The lowest BCUT2D eigenvalue weighted by molar-refractivity contribution is -0.139. The van der Waals surface area contributed by atoms with E-state index in [0.29, 0.717) is 18.4 Å². The van der Waals surface area contributed by atoms with E-state index in [4.69, 9.17) is 10.8 Å². The predicted octanol–water partition coefficient (Wildman–Crippen LogP) is 2.89. The summed E-state index contributed by atoms with van der Waals surface area (Å²) in [4.78, 5) is 11.0. The van der Waals surface area contributed by atoms with Crippen molar-refractivity contribution in [1.82, 2.24) is 0 Å². The van der Waals surface area contributed by atoms with E-state index in [9.17, 15) is 4.79 Å². The van der Waals surface area contributed by atoms with E-state index < -0.39 is 5.97 Å². The summed E-state index contributed by atoms with van der Waals surface area (Å²) in [5.41, 5.74) is 5.96. The van der Waals surface area contributed by atoms with Crippen molar-refractivity contribution in [2.45, 2.75) is 53.4 Å². The Bertz CT molecular complexity index is 282. The largest absolute Gasteiger partial charge is 0.481 e. The molecule has 1 aliphatic carbocycles. The standard InChI is InChI=1S/C14H27NO2/c1-5-10-6-14(9-15,8-12(16)17)7-11(10)13(2,3)4/h10-11H,5-9,15H2,1-4H3,(H,16,17). The third-order valence-electron chi connectivity index (χ3n) is 4.51. The molecule has 1 fully saturated rings. The molecule has 3 N–H and O–H groups in total. The molecule has 100 valence electrons. The minimum Gasteiger partial charge on any atom is -0.481 e. The van der Waals surface area contributed by atoms with E-state index >= 15 is 0 Å². The Morgan fingerprint density at radius 2 is 2.00 bits per heavy atom. The van der Waals surface area contributed by atoms with Gasteiger partial charge in [-0.15, -0.1) is 0 Å². The molecule has 1 aliphatic rings. The van der Waals surface area contributed by atoms with E-state index in [-0.39, 0.29) is 17.3 Å². The Hall–Kier alpha value is -0.570. The normalized spacial score (nSPS) is 33.9. The van der Waals surface area contributed by atoms with Crippen molar-refractivity contribution in [3.63, 3.8) is 0 Å². The zero-order valence-electron chi connectivity index (χ0n) is 11.6. The molecule has 3 atom stereocenters. The summed E-state index contributed by atoms with van der Waals surface area (Å²) in [6.45, 7) is 9.48. The van der Waals surface area contributed by atoms with Crippen LogP contribution in [0.15, 0.2) is 0 Å². The SMILES string of the molecule is CCC1CC(CN)(CC(=O)O)CC1C(C)(C)C. The van der Waals surface area contributed by atoms with Crippen LogP contribution >= 0.6 is 0 Å². The fraction of sp³-hybridized carbons (Fsp3) is 0.929. The number of carboxylic acids is 1. The lowest BCUT2D eigenvalue weighted by atomic mass is 9.73. The molecule has 0 bridgehead atoms. The molecule has 17 heavy (non-hydrogen) atoms. The van der Waals surface area contributed by atoms with Gasteiger partial charge in [-0.05, 0) is 42.1 Å². The second-order valence-corrected chi connectivity index (χ2v) is 6.82. The van der Waals surface area contributed by atoms with Crippen molar-refractivity contribution in [2.24, 2.45) is 28.4 Å². The molecule has 3 heteroatoms. The zero-order valence-corrected chi connectivity index (χ0v) is 11.6. The average Bonchev–Trinajstić information content (AvgIpc) is 2.56. The molecule has 3 unspecified atom stereocenters. The Labute approximate surface area is 105 Å². The van der Waals surface area contributed by atoms with Gasteiger partial charge in [0.1, 0.15) is 0 Å². The molecule has 0 aromatic carbocycles. The van der Waals surface area contributed by atoms with E-state index in [1.54, 1.807) is 0 Å². The van der Waals surface area contributed by atoms with Crippen LogP contribution in [0.5, 0.6) is 0 Å². The second kappa shape index (κ2) is 4.97. The molecule has 0 amide bonds. The summed E-state index contributed by atoms with van der Waals surface area (Å²) < 4.78 is 0. The maximum atomic E-state index is 11.0. The number of hydrogen-bond acceptors (Lipinski definition) is 2. The summed E-state index contributed by atoms with van der Waals surface area (Å²) in [7, 11) is 0. The number of rotatable bonds is 4. The van der Waals surface area contributed by atoms with Crippen LogP contribution in [-0.4, -0.2) is 17.6 Å². The molecular formula is C14H27NO2. The van der Waals surface area contributed by atoms with Gasteiger partial charge >= 0.3 is 5.97 Å². The summed E-state index contributed by atoms with van der Waals surface area (Å²) in [6, 6.07) is 0. The van der Waals surface area contributed by atoms with Gasteiger partial charge in [0.05, 0.1) is 6.42 Å². The summed E-state index contributed by atoms with van der Waals surface area (Å²) in [5.74, 6) is 0.508. The molecule has 3 nitrogen and oxygen atoms in total. The number of aliphatic carboxylic acids is 1. The predicted molar refractivity (Wildman–Crippen MR) is 69.7 cm³/mol. The van der Waals surface area contributed by atoms with Gasteiger partial charge in [0, 0.05) is 0 Å². The highest BCUT2D eigenvalue weighted by atomic mass is 16.4. The van der Waals surface area contributed by atoms with Crippen LogP contribution in [0.3, 0.4) is 0 Å². The molecule has 1 rings (SSSR count). The first-order valence-electron chi connectivity index (χ1n) is 6.66. The van der Waals surface area contributed by atoms with Gasteiger partial charge < -0.3 is 10.8 Å². The fourth-order valence-corrected chi connectivity index (χ4v) is 3.56. The van der Waals surface area contributed by atoms with Gasteiger partial charge in [0.2, 0.25) is 0 Å². The average molecular weight is 241 g/mol. The van der Waals surface area contributed by atoms with Gasteiger partial charge in [-0.2, -0.15) is 0 Å². The van der Waals surface area contributed by atoms with Crippen molar-refractivity contribution in [3.8, 4) is 0 Å². The van der Waals surface area contributed by atoms with Gasteiger partial charge in [-0.25, -0.2) is 0 Å². The molecule has 0 radical (unpaired) electrons. The lowest BCUT2D eigenvalue weighted by Crippen LogP contribution is -2.31. The summed E-state index contributed by atoms with van der Waals surface area (Å²) >= 11 is 0. The maximum absolute atomic E-state index is 11.0. The van der Waals surface area contributed by atoms with E-state index in [0.717, 1.165) is 19.3 Å². The first-order valence-corrected chi connectivity index (χ1v) is 6.66. The summed E-state index contributed by atoms with van der Waals surface area (Å²) in [5, 5.41) is 9.06. The molecule has 0 heterocycles. The maximum Gasteiger partial charge on any atom is 0.303 e. The van der Waals surface area contributed by atoms with Crippen LogP contribution in [-0.2, 0) is 4.79 Å². The van der Waals surface area contributed by atoms with Crippen LogP contribution in [0.2, 0.25) is 0 Å². The van der Waals surface area contributed by atoms with Crippen molar-refractivity contribution < 1.29 is 9.90 Å². The third kappa shape index (κ3) is 3.21. The summed E-state index contributed by atoms with van der Waals surface area (Å²) in [6.07, 6.45) is 3.31. The van der Waals surface area contributed by atoms with Gasteiger partial charge in [0.25, 0.3) is 0 Å². The van der Waals surface area contributed by atoms with Gasteiger partial charge in [-0.1, -0.05) is 34.1 Å². The first kappa shape index (κ1) is 14.5. The van der Waals surface area contributed by atoms with Gasteiger partial charge in [0.15, 0.2) is 0 Å². The van der Waals surface area contributed by atoms with Crippen molar-refractivity contribution in [1.29, 1.82) is 0 Å². The number of carbonyl (C=O) groups is 1. The van der Waals surface area contributed by atoms with Crippen molar-refractivity contribution in [2.75, 3.05) is 6.54 Å². The smallest absolute Gasteiger partial charge is 0.303 e. The van der Waals surface area contributed by atoms with Crippen LogP contribution < -0.4 is 5.73 Å². The minimum atomic E-state index is -0.708. The molecule has 0 aromatic rings. The van der Waals surface area contributed by atoms with E-state index in [2.05, 4.69) is 27.7 Å². The molecule has 0 aromatic heterocycles. The number of carboxylic acid groups (broad SMARTS) is 1. The van der Waals surface area contributed by atoms with Crippen LogP contribution in [0, 0.1) is 22.7 Å². The molecule has 0 aliphatic heterocycles. The highest BCUT2D eigenvalue weighted by molar-refractivity contribution is 5.67. The van der Waals surface area contributed by atoms with Crippen molar-refractivity contribution in [3.05, 3.63) is 0 Å². The number of nitrogens with two attached hydrogens (primary N) is 1. The zero-order chi connectivity index (χ0) is 13.3. The molecular weight excluding hydrogens is 214 g/mol. The Balaban J connectivity index is 2.89. The van der Waals surface area contributed by atoms with Crippen LogP contribution in [0.1, 0.15) is 53.4 Å². The minimum absolute atomic E-state index is 0.162.